The first-order valence-electron chi connectivity index (χ1n) is 7.39. The quantitative estimate of drug-likeness (QED) is 0.352. The number of benzene rings is 3. The van der Waals surface area contributed by atoms with Crippen molar-refractivity contribution in [2.24, 2.45) is 0 Å². The maximum Gasteiger partial charge on any atom is 0.0620 e. The van der Waals surface area contributed by atoms with Crippen LogP contribution in [0.2, 0.25) is 0 Å². The molecule has 0 bridgehead atoms. The molecule has 0 aliphatic rings. The predicted molar refractivity (Wildman–Crippen MR) is 90.6 cm³/mol. The predicted octanol–water partition coefficient (Wildman–Crippen LogP) is 5.45. The van der Waals surface area contributed by atoms with Crippen LogP contribution in [-0.2, 0) is 0 Å². The van der Waals surface area contributed by atoms with Gasteiger partial charge < -0.3 is 4.40 Å². The Labute approximate surface area is 122 Å². The van der Waals surface area contributed by atoms with Crippen LogP contribution in [0.4, 0.5) is 0 Å². The van der Waals surface area contributed by atoms with Gasteiger partial charge in [0, 0.05) is 21.5 Å². The van der Waals surface area contributed by atoms with Crippen molar-refractivity contribution in [3.05, 3.63) is 65.7 Å². The summed E-state index contributed by atoms with van der Waals surface area (Å²) in [6, 6.07) is 20.1. The smallest absolute Gasteiger partial charge is 0.0620 e. The molecule has 3 aromatic carbocycles. The number of fused-ring (bicyclic) bond motifs is 6. The van der Waals surface area contributed by atoms with Crippen LogP contribution >= 0.6 is 0 Å². The molecule has 5 aromatic rings. The Morgan fingerprint density at radius 1 is 0.619 bits per heavy atom. The molecule has 2 aromatic heterocycles. The number of para-hydroxylation sites is 1. The first kappa shape index (κ1) is 11.2. The number of nitrogens with zero attached hydrogens (tertiary/aromatic N) is 1. The molecule has 0 unspecified atom stereocenters. The molecule has 2 heterocycles. The molecular weight excluding hydrogens is 254 g/mol. The van der Waals surface area contributed by atoms with Crippen LogP contribution in [0.3, 0.4) is 0 Å². The maximum atomic E-state index is 2.42. The van der Waals surface area contributed by atoms with Gasteiger partial charge in [0.1, 0.15) is 0 Å². The number of aromatic nitrogens is 1. The number of rotatable bonds is 0. The van der Waals surface area contributed by atoms with Crippen LogP contribution < -0.4 is 0 Å². The van der Waals surface area contributed by atoms with E-state index in [4.69, 9.17) is 0 Å². The lowest BCUT2D eigenvalue weighted by Gasteiger charge is -1.99. The second-order valence-electron chi connectivity index (χ2n) is 6.08. The van der Waals surface area contributed by atoms with Gasteiger partial charge in [-0.25, -0.2) is 0 Å². The molecule has 0 radical (unpaired) electrons. The summed E-state index contributed by atoms with van der Waals surface area (Å²) in [4.78, 5) is 0. The second-order valence-corrected chi connectivity index (χ2v) is 6.08. The van der Waals surface area contributed by atoms with Gasteiger partial charge in [0.25, 0.3) is 0 Å². The van der Waals surface area contributed by atoms with Gasteiger partial charge in [-0.3, -0.25) is 0 Å². The average molecular weight is 269 g/mol. The third-order valence-electron chi connectivity index (χ3n) is 4.60. The summed E-state index contributed by atoms with van der Waals surface area (Å²) in [5, 5.41) is 5.46. The van der Waals surface area contributed by atoms with Crippen LogP contribution in [0.5, 0.6) is 0 Å². The molecule has 0 fully saturated rings. The van der Waals surface area contributed by atoms with E-state index >= 15 is 0 Å². The second kappa shape index (κ2) is 3.56. The first-order valence-corrected chi connectivity index (χ1v) is 7.39. The monoisotopic (exact) mass is 269 g/mol. The summed E-state index contributed by atoms with van der Waals surface area (Å²) in [6.07, 6.45) is 0. The molecule has 0 atom stereocenters. The summed E-state index contributed by atoms with van der Waals surface area (Å²) in [6.45, 7) is 4.36. The molecule has 0 N–H and O–H groups in total. The molecule has 21 heavy (non-hydrogen) atoms. The van der Waals surface area contributed by atoms with E-state index in [0.29, 0.717) is 0 Å². The third kappa shape index (κ3) is 1.26. The zero-order valence-corrected chi connectivity index (χ0v) is 12.1. The Kier molecular flexibility index (Phi) is 1.89. The molecule has 1 heteroatoms. The van der Waals surface area contributed by atoms with Crippen molar-refractivity contribution in [2.45, 2.75) is 13.8 Å². The van der Waals surface area contributed by atoms with Gasteiger partial charge in [0.05, 0.1) is 16.6 Å². The summed E-state index contributed by atoms with van der Waals surface area (Å²) < 4.78 is 2.42. The molecule has 0 aliphatic carbocycles. The fourth-order valence-electron chi connectivity index (χ4n) is 3.76. The lowest BCUT2D eigenvalue weighted by Crippen LogP contribution is -1.80. The van der Waals surface area contributed by atoms with Gasteiger partial charge in [-0.1, -0.05) is 29.8 Å². The van der Waals surface area contributed by atoms with Crippen LogP contribution in [-0.4, -0.2) is 4.40 Å². The van der Waals surface area contributed by atoms with Gasteiger partial charge in [0.15, 0.2) is 0 Å². The molecule has 0 amide bonds. The van der Waals surface area contributed by atoms with E-state index in [0.717, 1.165) is 0 Å². The molecule has 0 saturated carbocycles. The standard InChI is InChI=1S/C20H15N/c1-12-7-8-19-15(9-12)17-11-13(2)10-16-14-5-3-4-6-18(14)21(19)20(16)17/h3-11H,1-2H3. The topological polar surface area (TPSA) is 4.41 Å². The van der Waals surface area contributed by atoms with Crippen molar-refractivity contribution in [3.8, 4) is 0 Å². The Bertz CT molecular complexity index is 1140. The van der Waals surface area contributed by atoms with Crippen molar-refractivity contribution in [1.29, 1.82) is 0 Å². The zero-order chi connectivity index (χ0) is 14.1. The number of aryl methyl sites for hydroxylation is 2. The fraction of sp³-hybridized carbons (Fsp3) is 0.100. The van der Waals surface area contributed by atoms with Gasteiger partial charge in [0.2, 0.25) is 0 Å². The zero-order valence-electron chi connectivity index (χ0n) is 12.1. The summed E-state index contributed by atoms with van der Waals surface area (Å²) >= 11 is 0. The fourth-order valence-corrected chi connectivity index (χ4v) is 3.76. The van der Waals surface area contributed by atoms with Crippen LogP contribution in [0.1, 0.15) is 11.1 Å². The highest BCUT2D eigenvalue weighted by atomic mass is 14.9. The van der Waals surface area contributed by atoms with Crippen LogP contribution in [0, 0.1) is 13.8 Å². The summed E-state index contributed by atoms with van der Waals surface area (Å²) in [5.41, 5.74) is 6.63. The van der Waals surface area contributed by atoms with E-state index in [1.165, 1.54) is 49.2 Å². The molecule has 0 spiro atoms. The first-order chi connectivity index (χ1) is 10.2. The van der Waals surface area contributed by atoms with Crippen LogP contribution in [0.25, 0.3) is 38.1 Å². The van der Waals surface area contributed by atoms with E-state index < -0.39 is 0 Å². The molecule has 0 saturated heterocycles. The average Bonchev–Trinajstić information content (AvgIpc) is 2.97. The van der Waals surface area contributed by atoms with Gasteiger partial charge >= 0.3 is 0 Å². The normalized spacial score (nSPS) is 12.3. The minimum atomic E-state index is 1.31. The minimum Gasteiger partial charge on any atom is -0.308 e. The van der Waals surface area contributed by atoms with Crippen molar-refractivity contribution >= 4 is 38.1 Å². The van der Waals surface area contributed by atoms with Gasteiger partial charge in [-0.2, -0.15) is 0 Å². The lowest BCUT2D eigenvalue weighted by atomic mass is 10.0. The molecule has 100 valence electrons. The highest BCUT2D eigenvalue weighted by molar-refractivity contribution is 6.23. The van der Waals surface area contributed by atoms with Crippen molar-refractivity contribution in [3.63, 3.8) is 0 Å². The third-order valence-corrected chi connectivity index (χ3v) is 4.60. The van der Waals surface area contributed by atoms with E-state index in [1.807, 2.05) is 0 Å². The van der Waals surface area contributed by atoms with E-state index in [2.05, 4.69) is 72.8 Å². The Hall–Kier alpha value is -2.54. The SMILES string of the molecule is Cc1ccc2c(c1)c1cc(C)cc3c4ccccc4n2c31. The number of hydrogen-bond donors (Lipinski definition) is 0. The molecular formula is C20H15N. The highest BCUT2D eigenvalue weighted by Crippen LogP contribution is 2.39. The molecule has 1 nitrogen and oxygen atoms in total. The van der Waals surface area contributed by atoms with Crippen molar-refractivity contribution < 1.29 is 0 Å². The van der Waals surface area contributed by atoms with Gasteiger partial charge in [-0.05, 0) is 49.7 Å². The number of hydrogen-bond acceptors (Lipinski definition) is 0. The van der Waals surface area contributed by atoms with Crippen LogP contribution in [0.15, 0.2) is 54.6 Å². The molecule has 0 aliphatic heterocycles. The maximum absolute atomic E-state index is 2.42. The molecule has 5 rings (SSSR count). The van der Waals surface area contributed by atoms with E-state index in [-0.39, 0.29) is 0 Å². The van der Waals surface area contributed by atoms with Crippen molar-refractivity contribution in [2.75, 3.05) is 0 Å². The minimum absolute atomic E-state index is 1.31. The summed E-state index contributed by atoms with van der Waals surface area (Å²) in [7, 11) is 0. The van der Waals surface area contributed by atoms with Crippen molar-refractivity contribution in [1.82, 2.24) is 4.40 Å². The van der Waals surface area contributed by atoms with E-state index in [1.54, 1.807) is 0 Å². The van der Waals surface area contributed by atoms with Gasteiger partial charge in [-0.15, -0.1) is 0 Å². The summed E-state index contributed by atoms with van der Waals surface area (Å²) in [5.74, 6) is 0. The highest BCUT2D eigenvalue weighted by Gasteiger charge is 2.17. The Balaban J connectivity index is 2.26. The largest absolute Gasteiger partial charge is 0.308 e. The Morgan fingerprint density at radius 3 is 2.14 bits per heavy atom. The lowest BCUT2D eigenvalue weighted by molar-refractivity contribution is 1.36. The van der Waals surface area contributed by atoms with E-state index in [9.17, 15) is 0 Å². The Morgan fingerprint density at radius 2 is 1.29 bits per heavy atom.